The fraction of sp³-hybridized carbons (Fsp3) is 0.153. The second kappa shape index (κ2) is 21.4. The Hall–Kier alpha value is -4.52. The summed E-state index contributed by atoms with van der Waals surface area (Å²) in [7, 11) is -1.62. The molecule has 7 aromatic carbocycles. The third kappa shape index (κ3) is 9.93. The molecule has 7 aromatic rings. The first-order chi connectivity index (χ1) is 29.7. The summed E-state index contributed by atoms with van der Waals surface area (Å²) in [5, 5.41) is 6.17. The first-order valence-electron chi connectivity index (χ1n) is 21.3. The summed E-state index contributed by atoms with van der Waals surface area (Å²) in [6.45, 7) is 8.88. The van der Waals surface area contributed by atoms with Crippen LogP contribution in [0.25, 0.3) is 22.3 Å². The average molecular weight is 1220 g/mol. The van der Waals surface area contributed by atoms with Crippen LogP contribution < -0.4 is 15.9 Å². The molecule has 0 aliphatic heterocycles. The molecule has 0 bridgehead atoms. The molecule has 1 unspecified atom stereocenters. The van der Waals surface area contributed by atoms with E-state index in [1.807, 2.05) is 24.3 Å². The van der Waals surface area contributed by atoms with Crippen LogP contribution in [0.3, 0.4) is 0 Å². The maximum Gasteiger partial charge on any atom is 1.00 e. The third-order valence-electron chi connectivity index (χ3n) is 12.5. The van der Waals surface area contributed by atoms with Crippen LogP contribution >= 0.6 is 15.8 Å². The third-order valence-corrected chi connectivity index (χ3v) is 19.5. The molecule has 0 fully saturated rings. The van der Waals surface area contributed by atoms with Gasteiger partial charge in [-0.3, -0.25) is 11.8 Å². The van der Waals surface area contributed by atoms with Crippen molar-refractivity contribution in [3.63, 3.8) is 0 Å². The Morgan fingerprint density at radius 2 is 0.825 bits per heavy atom. The molecule has 3 aliphatic rings. The second-order valence-corrected chi connectivity index (χ2v) is 22.6. The van der Waals surface area contributed by atoms with Gasteiger partial charge in [-0.2, -0.15) is 0 Å². The van der Waals surface area contributed by atoms with E-state index in [0.29, 0.717) is 0 Å². The first kappa shape index (κ1) is 47.9. The molecule has 0 amide bonds. The topological polar surface area (TPSA) is 0 Å². The van der Waals surface area contributed by atoms with Crippen LogP contribution in [0.4, 0.5) is 0 Å². The maximum atomic E-state index is 7.45. The number of hydrogen-bond acceptors (Lipinski definition) is 0. The monoisotopic (exact) mass is 1220 g/mol. The Morgan fingerprint density at radius 1 is 0.444 bits per heavy atom. The molecule has 10 rings (SSSR count). The Kier molecular flexibility index (Phi) is 16.3. The van der Waals surface area contributed by atoms with E-state index < -0.39 is 15.8 Å². The van der Waals surface area contributed by atoms with Crippen molar-refractivity contribution in [2.24, 2.45) is 0 Å². The molecule has 0 spiro atoms. The molecule has 1 atom stereocenters. The summed E-state index contributed by atoms with van der Waals surface area (Å²) in [6.07, 6.45) is 24.5. The summed E-state index contributed by atoms with van der Waals surface area (Å²) in [5.41, 5.74) is 12.0. The molecule has 4 heteroatoms. The molecule has 0 aromatic heterocycles. The van der Waals surface area contributed by atoms with Gasteiger partial charge in [0.05, 0.1) is 5.31 Å². The minimum Gasteiger partial charge on any atom is -0.366 e. The zero-order valence-electron chi connectivity index (χ0n) is 36.2. The quantitative estimate of drug-likeness (QED) is 0.0674. The number of fused-ring (bicyclic) bond motifs is 6. The van der Waals surface area contributed by atoms with Gasteiger partial charge in [0.15, 0.2) is 5.90 Å². The number of allylic oxidation sites excluding steroid dienone is 4. The van der Waals surface area contributed by atoms with Crippen molar-refractivity contribution in [3.05, 3.63) is 246 Å². The number of benzene rings is 7. The molecule has 0 nitrogen and oxygen atoms in total. The Balaban J connectivity index is 0.000000161. The van der Waals surface area contributed by atoms with E-state index in [9.17, 15) is 0 Å². The van der Waals surface area contributed by atoms with Crippen molar-refractivity contribution in [1.29, 1.82) is 0 Å². The molecule has 63 heavy (non-hydrogen) atoms. The molecule has 318 valence electrons. The van der Waals surface area contributed by atoms with Crippen molar-refractivity contribution in [2.45, 2.75) is 51.4 Å². The van der Waals surface area contributed by atoms with E-state index in [1.165, 1.54) is 79.2 Å². The first-order valence-corrected chi connectivity index (χ1v) is 24.7. The van der Waals surface area contributed by atoms with Gasteiger partial charge in [0, 0.05) is 10.8 Å². The van der Waals surface area contributed by atoms with Gasteiger partial charge >= 0.3 is 44.8 Å². The van der Waals surface area contributed by atoms with E-state index in [1.54, 1.807) is 5.31 Å². The van der Waals surface area contributed by atoms with Gasteiger partial charge in [-0.15, -0.1) is 23.3 Å². The average Bonchev–Trinajstić information content (AvgIpc) is 3.71. The maximum absolute atomic E-state index is 7.45. The zero-order chi connectivity index (χ0) is 42.4. The van der Waals surface area contributed by atoms with Gasteiger partial charge in [0.25, 0.3) is 0 Å². The molecule has 0 radical (unpaired) electrons. The van der Waals surface area contributed by atoms with Crippen LogP contribution in [0.5, 0.6) is 0 Å². The van der Waals surface area contributed by atoms with Crippen LogP contribution in [0.2, 0.25) is 0 Å². The van der Waals surface area contributed by atoms with E-state index in [4.69, 9.17) is 12.8 Å². The standard InChI is InChI=1S/C25H24P2.2C17H13.2Au/c1-5-13-22(14-6-1)26(23-15-7-2-8-16-23)21-27(24-17-9-3-10-18-24)25-19-11-4-12-20-25;2*1-4-12-8-7-10-14-13-9-5-6-11-15(13)17(2,3)16(12)14;;/h1-3,5-11,13-20H,4,12,21H2;2*5-11H,2-3H3;;/q;2*-1;2*+1/p+2. The van der Waals surface area contributed by atoms with Gasteiger partial charge in [0.2, 0.25) is 0 Å². The predicted octanol–water partition coefficient (Wildman–Crippen LogP) is 13.4. The molecular weight excluding hydrogens is 1160 g/mol. The summed E-state index contributed by atoms with van der Waals surface area (Å²) in [4.78, 5) is 0. The van der Waals surface area contributed by atoms with Crippen LogP contribution in [0.1, 0.15) is 73.9 Å². The van der Waals surface area contributed by atoms with Gasteiger partial charge in [-0.05, 0) is 94.8 Å². The summed E-state index contributed by atoms with van der Waals surface area (Å²) >= 11 is 0. The van der Waals surface area contributed by atoms with Gasteiger partial charge in [-0.25, -0.2) is 0 Å². The van der Waals surface area contributed by atoms with Crippen LogP contribution in [0, 0.1) is 24.7 Å². The van der Waals surface area contributed by atoms with Crippen LogP contribution in [0.15, 0.2) is 199 Å². The van der Waals surface area contributed by atoms with Crippen LogP contribution in [-0.2, 0) is 55.6 Å². The molecule has 3 aliphatic carbocycles. The van der Waals surface area contributed by atoms with Gasteiger partial charge in [0.1, 0.15) is 31.8 Å². The molecule has 0 N–H and O–H groups in total. The van der Waals surface area contributed by atoms with Gasteiger partial charge < -0.3 is 12.8 Å². The summed E-state index contributed by atoms with van der Waals surface area (Å²) in [6, 6.07) is 62.8. The normalized spacial score (nSPS) is 14.4. The SMILES string of the molecule is C1=CC([PH+](C[PH+](c2ccccc2)c2ccccc2)c2ccccc2)=CCC1.[Au+].[Au+].[C-]#Cc1cccc2c1C(C)(C)c1ccccc1-2.[C-]#Cc1cccc2c1C(C)(C)c1ccccc1-2. The minimum absolute atomic E-state index is 0. The predicted molar refractivity (Wildman–Crippen MR) is 267 cm³/mol. The van der Waals surface area contributed by atoms with E-state index >= 15 is 0 Å². The van der Waals surface area contributed by atoms with Crippen molar-refractivity contribution >= 4 is 31.8 Å². The van der Waals surface area contributed by atoms with E-state index in [2.05, 4.69) is 209 Å². The fourth-order valence-electron chi connectivity index (χ4n) is 9.58. The molecule has 0 saturated carbocycles. The van der Waals surface area contributed by atoms with E-state index in [0.717, 1.165) is 11.1 Å². The minimum atomic E-state index is -0.823. The second-order valence-electron chi connectivity index (χ2n) is 16.9. The number of hydrogen-bond donors (Lipinski definition) is 0. The van der Waals surface area contributed by atoms with Gasteiger partial charge in [-0.1, -0.05) is 172 Å². The Morgan fingerprint density at radius 3 is 1.22 bits per heavy atom. The zero-order valence-corrected chi connectivity index (χ0v) is 42.5. The van der Waals surface area contributed by atoms with Crippen LogP contribution in [-0.4, -0.2) is 5.90 Å². The van der Waals surface area contributed by atoms with Crippen molar-refractivity contribution < 1.29 is 44.8 Å². The van der Waals surface area contributed by atoms with E-state index in [-0.39, 0.29) is 55.6 Å². The van der Waals surface area contributed by atoms with Crippen molar-refractivity contribution in [3.8, 4) is 34.1 Å². The largest absolute Gasteiger partial charge is 1.00 e. The van der Waals surface area contributed by atoms with Crippen molar-refractivity contribution in [1.82, 2.24) is 0 Å². The summed E-state index contributed by atoms with van der Waals surface area (Å²) in [5.74, 6) is 6.42. The number of rotatable bonds is 6. The molecule has 0 saturated heterocycles. The molecular formula is C59H52Au2P2+2. The Labute approximate surface area is 410 Å². The molecule has 0 heterocycles. The Bertz CT molecular complexity index is 2650. The summed E-state index contributed by atoms with van der Waals surface area (Å²) < 4.78 is 0. The smallest absolute Gasteiger partial charge is 0.366 e. The fourth-order valence-corrected chi connectivity index (χ4v) is 17.4. The van der Waals surface area contributed by atoms with Crippen molar-refractivity contribution in [2.75, 3.05) is 5.90 Å².